The molecule has 0 aliphatic heterocycles. The highest BCUT2D eigenvalue weighted by Crippen LogP contribution is 2.48. The number of nitrogens with zero attached hydrogens (tertiary/aromatic N) is 4. The minimum absolute atomic E-state index is 0.0867. The van der Waals surface area contributed by atoms with Gasteiger partial charge in [0.05, 0.1) is 22.7 Å². The number of aromatic carboxylic acids is 1. The molecular weight excluding hydrogens is 528 g/mol. The van der Waals surface area contributed by atoms with E-state index in [0.717, 1.165) is 22.1 Å². The van der Waals surface area contributed by atoms with E-state index in [1.54, 1.807) is 12.4 Å². The number of halogens is 1. The molecule has 2 heterocycles. The molecule has 0 saturated heterocycles. The third kappa shape index (κ3) is 5.94. The van der Waals surface area contributed by atoms with Gasteiger partial charge in [0.1, 0.15) is 25.1 Å². The molecule has 0 saturated carbocycles. The first-order valence-corrected chi connectivity index (χ1v) is 13.7. The fourth-order valence-corrected chi connectivity index (χ4v) is 4.60. The van der Waals surface area contributed by atoms with E-state index in [4.69, 9.17) is 15.4 Å². The summed E-state index contributed by atoms with van der Waals surface area (Å²) < 4.78 is 7.44. The van der Waals surface area contributed by atoms with Crippen molar-refractivity contribution in [2.24, 2.45) is 0 Å². The maximum atomic E-state index is 11.7. The van der Waals surface area contributed by atoms with Crippen molar-refractivity contribution in [3.63, 3.8) is 0 Å². The number of benzene rings is 1. The van der Waals surface area contributed by atoms with Gasteiger partial charge in [-0.2, -0.15) is 5.10 Å². The molecule has 0 amide bonds. The van der Waals surface area contributed by atoms with Gasteiger partial charge >= 0.3 is 5.97 Å². The van der Waals surface area contributed by atoms with Crippen LogP contribution < -0.4 is 4.74 Å². The van der Waals surface area contributed by atoms with Gasteiger partial charge in [0, 0.05) is 5.56 Å². The second-order valence-corrected chi connectivity index (χ2v) is 15.5. The Morgan fingerprint density at radius 2 is 1.76 bits per heavy atom. The molecule has 0 fully saturated rings. The van der Waals surface area contributed by atoms with Crippen LogP contribution in [0.15, 0.2) is 36.7 Å². The van der Waals surface area contributed by atoms with Crippen molar-refractivity contribution in [3.05, 3.63) is 53.7 Å². The molecule has 0 spiro atoms. The Balaban J connectivity index is 2.12. The predicted octanol–water partition coefficient (Wildman–Crippen LogP) is 4.89. The van der Waals surface area contributed by atoms with Gasteiger partial charge in [0.2, 0.25) is 0 Å². The van der Waals surface area contributed by atoms with Crippen molar-refractivity contribution in [3.8, 4) is 22.7 Å². The molecule has 4 atom stereocenters. The van der Waals surface area contributed by atoms with Crippen LogP contribution in [-0.2, 0) is 4.64 Å². The highest BCUT2D eigenvalue weighted by molar-refractivity contribution is 8.22. The lowest BCUT2D eigenvalue weighted by atomic mass is 9.68. The molecule has 3 aromatic rings. The van der Waals surface area contributed by atoms with Gasteiger partial charge in [0.25, 0.3) is 0 Å². The fourth-order valence-electron chi connectivity index (χ4n) is 3.01. The lowest BCUT2D eigenvalue weighted by molar-refractivity contribution is 0.0690. The van der Waals surface area contributed by atoms with Crippen LogP contribution in [0.1, 0.15) is 42.6 Å². The molecule has 2 aromatic heterocycles. The van der Waals surface area contributed by atoms with Crippen molar-refractivity contribution in [1.82, 2.24) is 19.7 Å². The average molecular weight is 555 g/mol. The Morgan fingerprint density at radius 1 is 1.15 bits per heavy atom. The Hall–Kier alpha value is -1.23. The van der Waals surface area contributed by atoms with E-state index in [9.17, 15) is 9.90 Å². The number of aryl methyl sites for hydroxylation is 1. The van der Waals surface area contributed by atoms with Gasteiger partial charge in [0.15, 0.2) is 10.6 Å². The molecular formula is C21H27BClN4O3P3S. The van der Waals surface area contributed by atoms with Crippen LogP contribution in [-0.4, -0.2) is 43.6 Å². The number of carbonyl (C=O) groups is 1. The normalized spacial score (nSPS) is 14.0. The molecule has 1 N–H and O–H groups in total. The summed E-state index contributed by atoms with van der Waals surface area (Å²) in [4.78, 5) is 19.9. The highest BCUT2D eigenvalue weighted by atomic mass is 35.7. The summed E-state index contributed by atoms with van der Waals surface area (Å²) in [6.07, 6.45) is 3.23. The van der Waals surface area contributed by atoms with Crippen molar-refractivity contribution >= 4 is 63.2 Å². The first-order chi connectivity index (χ1) is 15.6. The van der Waals surface area contributed by atoms with Gasteiger partial charge < -0.3 is 9.84 Å². The highest BCUT2D eigenvalue weighted by Gasteiger charge is 2.40. The Kier molecular flexibility index (Phi) is 8.07. The second-order valence-electron chi connectivity index (χ2n) is 9.24. The summed E-state index contributed by atoms with van der Waals surface area (Å²) >= 11 is 0. The maximum Gasteiger partial charge on any atom is 0.356 e. The monoisotopic (exact) mass is 554 g/mol. The number of carboxylic acid groups (broad SMARTS) is 1. The van der Waals surface area contributed by atoms with Crippen LogP contribution in [0.5, 0.6) is 5.75 Å². The number of hydrogen-bond donors (Lipinski definition) is 1. The summed E-state index contributed by atoms with van der Waals surface area (Å²) in [5.74, 6) is 0.0738. The predicted molar refractivity (Wildman–Crippen MR) is 152 cm³/mol. The molecule has 0 aliphatic carbocycles. The lowest BCUT2D eigenvalue weighted by Gasteiger charge is -2.39. The van der Waals surface area contributed by atoms with Crippen LogP contribution in [0.3, 0.4) is 0 Å². The van der Waals surface area contributed by atoms with E-state index in [0.29, 0.717) is 23.0 Å². The van der Waals surface area contributed by atoms with Crippen LogP contribution in [0, 0.1) is 6.92 Å². The molecule has 180 valence electrons. The average Bonchev–Trinajstić information content (AvgIpc) is 3.18. The third-order valence-corrected chi connectivity index (χ3v) is 8.02. The first kappa shape index (κ1) is 27.4. The zero-order valence-corrected chi connectivity index (χ0v) is 24.6. The molecule has 4 unspecified atom stereocenters. The van der Waals surface area contributed by atoms with Gasteiger partial charge in [-0.15, -0.1) is 27.7 Å². The van der Waals surface area contributed by atoms with Crippen molar-refractivity contribution in [2.75, 3.05) is 0 Å². The number of aromatic nitrogens is 4. The van der Waals surface area contributed by atoms with Gasteiger partial charge in [-0.3, -0.25) is 0 Å². The minimum atomic E-state index is -1.13. The molecule has 34 heavy (non-hydrogen) atoms. The maximum absolute atomic E-state index is 11.7. The summed E-state index contributed by atoms with van der Waals surface area (Å²) in [6.45, 7) is 8.02. The van der Waals surface area contributed by atoms with E-state index >= 15 is 0 Å². The van der Waals surface area contributed by atoms with Crippen molar-refractivity contribution < 1.29 is 14.6 Å². The molecule has 0 radical (unpaired) electrons. The smallest absolute Gasteiger partial charge is 0.356 e. The number of hydrogen-bond acceptors (Lipinski definition) is 6. The van der Waals surface area contributed by atoms with E-state index < -0.39 is 15.5 Å². The van der Waals surface area contributed by atoms with E-state index in [1.165, 1.54) is 10.7 Å². The fraction of sp³-hybridized carbons (Fsp3) is 0.333. The molecule has 3 rings (SSSR count). The summed E-state index contributed by atoms with van der Waals surface area (Å²) in [7, 11) is 17.3. The SMILES string of the molecule is BC(C)(C)C(C)(Oc1cc(C)cc(-c2cc(C(=O)O)nn2-c2cnc(C(P)(P)P)nc2)c1)SCl. The van der Waals surface area contributed by atoms with E-state index in [1.807, 2.05) is 32.0 Å². The van der Waals surface area contributed by atoms with Crippen molar-refractivity contribution in [2.45, 2.75) is 42.6 Å². The van der Waals surface area contributed by atoms with Gasteiger partial charge in [-0.25, -0.2) is 19.4 Å². The largest absolute Gasteiger partial charge is 0.476 e. The zero-order valence-electron chi connectivity index (χ0n) is 19.5. The lowest BCUT2D eigenvalue weighted by Crippen LogP contribution is -2.38. The van der Waals surface area contributed by atoms with Gasteiger partial charge in [-0.1, -0.05) is 13.8 Å². The van der Waals surface area contributed by atoms with Crippen LogP contribution in [0.2, 0.25) is 5.31 Å². The second kappa shape index (κ2) is 10.0. The van der Waals surface area contributed by atoms with E-state index in [-0.39, 0.29) is 11.0 Å². The van der Waals surface area contributed by atoms with Crippen molar-refractivity contribution in [1.29, 1.82) is 0 Å². The van der Waals surface area contributed by atoms with Crippen LogP contribution in [0.25, 0.3) is 16.9 Å². The zero-order chi connectivity index (χ0) is 25.5. The van der Waals surface area contributed by atoms with Crippen LogP contribution in [0.4, 0.5) is 0 Å². The number of rotatable bonds is 8. The topological polar surface area (TPSA) is 90.1 Å². The Morgan fingerprint density at radius 3 is 2.26 bits per heavy atom. The summed E-state index contributed by atoms with van der Waals surface area (Å²) in [5, 5.41) is 13.6. The van der Waals surface area contributed by atoms with E-state index in [2.05, 4.69) is 64.5 Å². The molecule has 7 nitrogen and oxygen atoms in total. The summed E-state index contributed by atoms with van der Waals surface area (Å²) in [5.41, 5.74) is 2.71. The standard InChI is InChI=1S/C21H27BClN4O3P3S/c1-11-5-12(7-14(6-11)30-20(4,34-23)19(2,3)22)16-8-15(17(28)29)26-27(16)13-9-24-18(25-10-13)21(31,32)33/h5-10H,22,31-33H2,1-4H3,(H,28,29). The van der Waals surface area contributed by atoms with Gasteiger partial charge in [-0.05, 0) is 70.6 Å². The Labute approximate surface area is 216 Å². The Bertz CT molecular complexity index is 1220. The molecule has 13 heteroatoms. The molecule has 1 aromatic carbocycles. The minimum Gasteiger partial charge on any atom is -0.476 e. The molecule has 0 aliphatic rings. The quantitative estimate of drug-likeness (QED) is 0.241. The third-order valence-electron chi connectivity index (χ3n) is 5.37. The molecule has 0 bridgehead atoms. The first-order valence-electron chi connectivity index (χ1n) is 10.3. The van der Waals surface area contributed by atoms with Crippen LogP contribution >= 0.6 is 49.4 Å². The number of carboxylic acids is 1. The number of ether oxygens (including phenoxy) is 1. The summed E-state index contributed by atoms with van der Waals surface area (Å²) in [6, 6.07) is 7.26.